The van der Waals surface area contributed by atoms with Crippen LogP contribution in [-0.2, 0) is 5.60 Å². The Morgan fingerprint density at radius 3 is 1.86 bits per heavy atom. The van der Waals surface area contributed by atoms with Crippen molar-refractivity contribution in [3.63, 3.8) is 0 Å². The van der Waals surface area contributed by atoms with Crippen LogP contribution in [0.1, 0.15) is 52.7 Å². The highest BCUT2D eigenvalue weighted by Gasteiger charge is 2.45. The van der Waals surface area contributed by atoms with E-state index < -0.39 is 13.5 Å². The topological polar surface area (TPSA) is 58.9 Å². The summed E-state index contributed by atoms with van der Waals surface area (Å²) in [5.74, 6) is 0.851. The molecule has 0 bridgehead atoms. The first-order chi connectivity index (χ1) is 13.3. The van der Waals surface area contributed by atoms with E-state index in [2.05, 4.69) is 41.5 Å². The molecule has 1 atom stereocenters. The van der Waals surface area contributed by atoms with E-state index in [1.807, 2.05) is 30.3 Å². The van der Waals surface area contributed by atoms with Gasteiger partial charge in [0.25, 0.3) is 0 Å². The Bertz CT molecular complexity index is 807. The van der Waals surface area contributed by atoms with Gasteiger partial charge in [-0.25, -0.2) is 0 Å². The molecule has 2 aromatic carbocycles. The van der Waals surface area contributed by atoms with Gasteiger partial charge in [-0.05, 0) is 15.9 Å². The molecule has 0 spiro atoms. The first-order valence-electron chi connectivity index (χ1n) is 9.85. The van der Waals surface area contributed by atoms with Crippen LogP contribution in [0.4, 0.5) is 0 Å². The molecule has 4 nitrogen and oxygen atoms in total. The van der Waals surface area contributed by atoms with Gasteiger partial charge in [0.15, 0.2) is 0 Å². The van der Waals surface area contributed by atoms with Gasteiger partial charge in [0.1, 0.15) is 22.8 Å². The first kappa shape index (κ1) is 23.5. The maximum absolute atomic E-state index is 12.2. The van der Waals surface area contributed by atoms with Crippen molar-refractivity contribution >= 4 is 7.92 Å². The first-order valence-corrected chi connectivity index (χ1v) is 11.4. The number of aromatic hydroxyl groups is 1. The number of phenols is 1. The van der Waals surface area contributed by atoms with Crippen molar-refractivity contribution in [2.24, 2.45) is 0 Å². The Balaban J connectivity index is 2.78. The van der Waals surface area contributed by atoms with Crippen molar-refractivity contribution in [2.45, 2.75) is 57.5 Å². The molecule has 29 heavy (non-hydrogen) atoms. The predicted molar refractivity (Wildman–Crippen MR) is 122 cm³/mol. The fraction of sp³-hybridized carbons (Fsp3) is 0.500. The van der Waals surface area contributed by atoms with Crippen LogP contribution in [0.2, 0.25) is 0 Å². The molecule has 0 radical (unpaired) electrons. The lowest BCUT2D eigenvalue weighted by Crippen LogP contribution is -2.38. The van der Waals surface area contributed by atoms with Gasteiger partial charge in [0, 0.05) is 18.3 Å². The molecular weight excluding hydrogens is 383 g/mol. The SMILES string of the molecule is COc1cc(O)c(C(O)(CP(C(C)(C)C)C(C)(C)C)c2ccccc2)c(OC)c1. The number of rotatable bonds is 6. The fourth-order valence-corrected chi connectivity index (χ4v) is 7.77. The van der Waals surface area contributed by atoms with Crippen LogP contribution >= 0.6 is 7.92 Å². The molecule has 0 fully saturated rings. The normalized spacial score (nSPS) is 14.6. The second kappa shape index (κ2) is 8.53. The van der Waals surface area contributed by atoms with Crippen molar-refractivity contribution in [1.29, 1.82) is 0 Å². The maximum Gasteiger partial charge on any atom is 0.132 e. The van der Waals surface area contributed by atoms with Crippen molar-refractivity contribution in [3.05, 3.63) is 53.6 Å². The van der Waals surface area contributed by atoms with E-state index in [9.17, 15) is 10.2 Å². The van der Waals surface area contributed by atoms with Gasteiger partial charge in [0.05, 0.1) is 19.8 Å². The molecule has 2 rings (SSSR count). The molecule has 0 aliphatic heterocycles. The highest BCUT2D eigenvalue weighted by molar-refractivity contribution is 7.60. The van der Waals surface area contributed by atoms with Gasteiger partial charge >= 0.3 is 0 Å². The molecular formula is C24H35O4P. The summed E-state index contributed by atoms with van der Waals surface area (Å²) < 4.78 is 10.9. The molecule has 0 heterocycles. The van der Waals surface area contributed by atoms with E-state index in [0.29, 0.717) is 23.2 Å². The van der Waals surface area contributed by atoms with E-state index in [1.165, 1.54) is 13.2 Å². The van der Waals surface area contributed by atoms with Gasteiger partial charge in [0.2, 0.25) is 0 Å². The number of aliphatic hydroxyl groups is 1. The lowest BCUT2D eigenvalue weighted by atomic mass is 9.86. The molecule has 0 aromatic heterocycles. The van der Waals surface area contributed by atoms with Crippen LogP contribution in [0, 0.1) is 0 Å². The van der Waals surface area contributed by atoms with Gasteiger partial charge in [-0.1, -0.05) is 79.8 Å². The van der Waals surface area contributed by atoms with Crippen LogP contribution in [0.15, 0.2) is 42.5 Å². The quantitative estimate of drug-likeness (QED) is 0.589. The van der Waals surface area contributed by atoms with Crippen LogP contribution in [-0.4, -0.2) is 40.9 Å². The van der Waals surface area contributed by atoms with Crippen LogP contribution in [0.3, 0.4) is 0 Å². The second-order valence-corrected chi connectivity index (χ2v) is 13.2. The summed E-state index contributed by atoms with van der Waals surface area (Å²) in [5, 5.41) is 23.2. The highest BCUT2D eigenvalue weighted by Crippen LogP contribution is 2.63. The Kier molecular flexibility index (Phi) is 6.92. The zero-order valence-electron chi connectivity index (χ0n) is 18.9. The molecule has 0 saturated carbocycles. The minimum Gasteiger partial charge on any atom is -0.507 e. The van der Waals surface area contributed by atoms with Gasteiger partial charge in [-0.2, -0.15) is 0 Å². The average Bonchev–Trinajstić information content (AvgIpc) is 2.64. The van der Waals surface area contributed by atoms with Crippen molar-refractivity contribution < 1.29 is 19.7 Å². The molecule has 0 aliphatic carbocycles. The zero-order valence-corrected chi connectivity index (χ0v) is 19.8. The predicted octanol–water partition coefficient (Wildman–Crippen LogP) is 5.72. The molecule has 0 aliphatic rings. The third kappa shape index (κ3) is 5.05. The number of hydrogen-bond donors (Lipinski definition) is 2. The monoisotopic (exact) mass is 418 g/mol. The molecule has 1 unspecified atom stereocenters. The van der Waals surface area contributed by atoms with E-state index in [4.69, 9.17) is 9.47 Å². The summed E-state index contributed by atoms with van der Waals surface area (Å²) in [6, 6.07) is 12.8. The Hall–Kier alpha value is -1.77. The molecule has 0 amide bonds. The minimum absolute atomic E-state index is 0.00562. The van der Waals surface area contributed by atoms with Crippen LogP contribution < -0.4 is 9.47 Å². The molecule has 5 heteroatoms. The third-order valence-electron chi connectivity index (χ3n) is 5.18. The Labute approximate surface area is 176 Å². The smallest absolute Gasteiger partial charge is 0.132 e. The summed E-state index contributed by atoms with van der Waals surface area (Å²) >= 11 is 0. The van der Waals surface area contributed by atoms with Crippen molar-refractivity contribution in [3.8, 4) is 17.2 Å². The highest BCUT2D eigenvalue weighted by atomic mass is 31.1. The van der Waals surface area contributed by atoms with E-state index >= 15 is 0 Å². The molecule has 160 valence electrons. The minimum atomic E-state index is -1.41. The summed E-state index contributed by atoms with van der Waals surface area (Å²) in [4.78, 5) is 0. The van der Waals surface area contributed by atoms with Crippen LogP contribution in [0.25, 0.3) is 0 Å². The average molecular weight is 419 g/mol. The number of phenolic OH excluding ortho intramolecular Hbond substituents is 1. The Morgan fingerprint density at radius 1 is 0.862 bits per heavy atom. The van der Waals surface area contributed by atoms with Gasteiger partial charge in [-0.3, -0.25) is 0 Å². The van der Waals surface area contributed by atoms with Crippen molar-refractivity contribution in [2.75, 3.05) is 20.4 Å². The summed E-state index contributed by atoms with van der Waals surface area (Å²) in [6.45, 7) is 13.3. The lowest BCUT2D eigenvalue weighted by molar-refractivity contribution is 0.0987. The standard InChI is InChI=1S/C24H35O4P/c1-22(2,3)29(23(4,5)6)16-24(26,17-12-10-9-11-13-17)21-19(25)14-18(27-7)15-20(21)28-8/h9-15,25-26H,16H2,1-8H3. The maximum atomic E-state index is 12.2. The van der Waals surface area contributed by atoms with E-state index in [-0.39, 0.29) is 16.1 Å². The molecule has 2 N–H and O–H groups in total. The summed E-state index contributed by atoms with van der Waals surface area (Å²) in [7, 11) is 2.41. The number of hydrogen-bond acceptors (Lipinski definition) is 4. The number of benzene rings is 2. The second-order valence-electron chi connectivity index (χ2n) is 9.38. The van der Waals surface area contributed by atoms with Gasteiger partial charge in [-0.15, -0.1) is 0 Å². The molecule has 0 saturated heterocycles. The molecule has 2 aromatic rings. The lowest BCUT2D eigenvalue weighted by Gasteiger charge is -2.46. The van der Waals surface area contributed by atoms with E-state index in [1.54, 1.807) is 13.2 Å². The number of ether oxygens (including phenoxy) is 2. The largest absolute Gasteiger partial charge is 0.507 e. The zero-order chi connectivity index (χ0) is 22.0. The van der Waals surface area contributed by atoms with Crippen molar-refractivity contribution in [1.82, 2.24) is 0 Å². The summed E-state index contributed by atoms with van der Waals surface area (Å²) in [6.07, 6.45) is 0.496. The fourth-order valence-electron chi connectivity index (χ4n) is 4.01. The summed E-state index contributed by atoms with van der Waals surface area (Å²) in [5.41, 5.74) is -0.289. The van der Waals surface area contributed by atoms with Gasteiger partial charge < -0.3 is 19.7 Å². The van der Waals surface area contributed by atoms with E-state index in [0.717, 1.165) is 5.56 Å². The van der Waals surface area contributed by atoms with Crippen LogP contribution in [0.5, 0.6) is 17.2 Å². The Morgan fingerprint density at radius 2 is 1.41 bits per heavy atom. The third-order valence-corrected chi connectivity index (χ3v) is 9.19. The number of methoxy groups -OCH3 is 2.